The van der Waals surface area contributed by atoms with Crippen molar-refractivity contribution in [2.24, 2.45) is 0 Å². The van der Waals surface area contributed by atoms with Crippen LogP contribution in [0.5, 0.6) is 0 Å². The first-order valence-electron chi connectivity index (χ1n) is 29.7. The molecule has 1 saturated carbocycles. The number of fused-ring (bicyclic) bond motifs is 14. The van der Waals surface area contributed by atoms with Crippen LogP contribution in [0.25, 0.3) is 42.4 Å². The monoisotopic (exact) mass is 1060 g/mol. The number of anilines is 8. The SMILES string of the molecule is CC(C)(C)c1ccc(N2c3cc4c(cc3B3c5cc6c(cc5N(c5cccc7c5sc5ccccc57)c5cc(N7c8ccccc8C8(C)CCCCC78C)cc2c53)C(C)(C)CCC6(C)C)-c2ccccc2C4)c(-c2ccccc2)c1. The van der Waals surface area contributed by atoms with Crippen molar-refractivity contribution in [3.63, 3.8) is 0 Å². The number of benzene rings is 9. The molecule has 9 aromatic carbocycles. The van der Waals surface area contributed by atoms with Crippen LogP contribution in [0.3, 0.4) is 0 Å². The van der Waals surface area contributed by atoms with Crippen LogP contribution >= 0.6 is 11.3 Å². The van der Waals surface area contributed by atoms with Crippen LogP contribution in [0.4, 0.5) is 45.5 Å². The second kappa shape index (κ2) is 16.6. The van der Waals surface area contributed by atoms with Crippen molar-refractivity contribution < 1.29 is 0 Å². The van der Waals surface area contributed by atoms with Gasteiger partial charge in [-0.2, -0.15) is 0 Å². The molecule has 0 amide bonds. The molecular formula is C75H70BN3S. The molecule has 3 aliphatic heterocycles. The summed E-state index contributed by atoms with van der Waals surface area (Å²) in [5.41, 5.74) is 28.1. The van der Waals surface area contributed by atoms with Crippen LogP contribution < -0.4 is 31.1 Å². The summed E-state index contributed by atoms with van der Waals surface area (Å²) in [7, 11) is 0. The van der Waals surface area contributed by atoms with Crippen molar-refractivity contribution in [2.45, 2.75) is 134 Å². The van der Waals surface area contributed by atoms with Crippen LogP contribution in [0.15, 0.2) is 176 Å². The van der Waals surface area contributed by atoms with Gasteiger partial charge in [-0.1, -0.05) is 190 Å². The van der Waals surface area contributed by atoms with Crippen molar-refractivity contribution in [1.29, 1.82) is 0 Å². The lowest BCUT2D eigenvalue weighted by molar-refractivity contribution is 0.195. The Balaban J connectivity index is 1.09. The molecule has 10 aromatic rings. The van der Waals surface area contributed by atoms with Gasteiger partial charge in [-0.25, -0.2) is 0 Å². The largest absolute Gasteiger partial charge is 0.334 e. The maximum Gasteiger partial charge on any atom is 0.252 e. The van der Waals surface area contributed by atoms with Gasteiger partial charge in [0.15, 0.2) is 0 Å². The van der Waals surface area contributed by atoms with E-state index in [9.17, 15) is 0 Å². The molecule has 3 nitrogen and oxygen atoms in total. The van der Waals surface area contributed by atoms with Crippen molar-refractivity contribution in [1.82, 2.24) is 0 Å². The van der Waals surface area contributed by atoms with Crippen LogP contribution in [-0.4, -0.2) is 12.3 Å². The average molecular weight is 1060 g/mol. The minimum absolute atomic E-state index is 0.000609. The fraction of sp³-hybridized carbons (Fsp3) is 0.280. The zero-order valence-corrected chi connectivity index (χ0v) is 48.8. The topological polar surface area (TPSA) is 9.72 Å². The summed E-state index contributed by atoms with van der Waals surface area (Å²) in [5, 5.41) is 2.65. The Bertz CT molecular complexity index is 4290. The summed E-state index contributed by atoms with van der Waals surface area (Å²) in [4.78, 5) is 8.37. The molecule has 1 aromatic heterocycles. The third kappa shape index (κ3) is 6.62. The Morgan fingerprint density at radius 1 is 0.463 bits per heavy atom. The van der Waals surface area contributed by atoms with E-state index in [0.717, 1.165) is 25.7 Å². The highest BCUT2D eigenvalue weighted by Crippen LogP contribution is 2.62. The summed E-state index contributed by atoms with van der Waals surface area (Å²) < 4.78 is 2.66. The van der Waals surface area contributed by atoms with E-state index >= 15 is 0 Å². The van der Waals surface area contributed by atoms with Gasteiger partial charge in [0.05, 0.1) is 21.6 Å². The van der Waals surface area contributed by atoms with Crippen LogP contribution in [0.1, 0.15) is 134 Å². The summed E-state index contributed by atoms with van der Waals surface area (Å²) >= 11 is 1.95. The van der Waals surface area contributed by atoms with Crippen LogP contribution in [0.2, 0.25) is 0 Å². The van der Waals surface area contributed by atoms with E-state index in [2.05, 4.69) is 253 Å². The number of nitrogens with zero attached hydrogens (tertiary/aromatic N) is 3. The standard InChI is InChI=1S/C75H70BN3S/c1-71(2,3)49-32-33-61(55(40-49)46-22-11-10-12-23-46)77-64-39-48-38-47-24-13-14-25-51(47)54(48)43-59(64)76-60-44-57-58(73(6,7)37-36-72(57,4)5)45-65(60)78(63-30-21-27-53-52-26-15-18-31-68(52)80-70(53)63)67-42-50(41-66(77)69(67)76)79-62-29-17-16-28-56(62)74(8)34-19-20-35-75(74,79)9/h10-18,21-33,39-45H,19-20,34-38H2,1-9H3. The lowest BCUT2D eigenvalue weighted by Gasteiger charge is -2.51. The zero-order valence-electron chi connectivity index (χ0n) is 48.0. The fourth-order valence-electron chi connectivity index (χ4n) is 16.4. The predicted octanol–water partition coefficient (Wildman–Crippen LogP) is 18.8. The summed E-state index contributed by atoms with van der Waals surface area (Å²) in [6.07, 6.45) is 8.00. The molecular weight excluding hydrogens is 986 g/mol. The maximum atomic E-state index is 2.84. The normalized spacial score (nSPS) is 20.7. The van der Waals surface area contributed by atoms with Crippen molar-refractivity contribution in [3.05, 3.63) is 209 Å². The second-order valence-electron chi connectivity index (χ2n) is 27.4. The molecule has 2 unspecified atom stereocenters. The smallest absolute Gasteiger partial charge is 0.252 e. The molecule has 0 saturated heterocycles. The molecule has 1 fully saturated rings. The fourth-order valence-corrected chi connectivity index (χ4v) is 17.6. The van der Waals surface area contributed by atoms with Gasteiger partial charge < -0.3 is 14.7 Å². The average Bonchev–Trinajstić information content (AvgIpc) is 4.21. The van der Waals surface area contributed by atoms with Gasteiger partial charge >= 0.3 is 0 Å². The van der Waals surface area contributed by atoms with E-state index in [1.165, 1.54) is 157 Å². The summed E-state index contributed by atoms with van der Waals surface area (Å²) in [6.45, 7) is 22.3. The molecule has 16 rings (SSSR count). The Kier molecular flexibility index (Phi) is 10.1. The van der Waals surface area contributed by atoms with Gasteiger partial charge in [-0.05, 0) is 176 Å². The molecule has 0 radical (unpaired) electrons. The van der Waals surface area contributed by atoms with Crippen molar-refractivity contribution in [3.8, 4) is 22.3 Å². The molecule has 394 valence electrons. The number of para-hydroxylation sites is 1. The number of thiophene rings is 1. The molecule has 2 atom stereocenters. The summed E-state index contributed by atoms with van der Waals surface area (Å²) in [6, 6.07) is 69.6. The second-order valence-corrected chi connectivity index (χ2v) is 28.4. The van der Waals surface area contributed by atoms with Gasteiger partial charge in [0.1, 0.15) is 0 Å². The van der Waals surface area contributed by atoms with Gasteiger partial charge in [-0.3, -0.25) is 0 Å². The van der Waals surface area contributed by atoms with E-state index in [-0.39, 0.29) is 33.9 Å². The van der Waals surface area contributed by atoms with E-state index in [1.54, 1.807) is 0 Å². The highest BCUT2D eigenvalue weighted by atomic mass is 32.1. The number of hydrogen-bond acceptors (Lipinski definition) is 4. The Morgan fingerprint density at radius 3 is 1.91 bits per heavy atom. The first-order chi connectivity index (χ1) is 38.5. The molecule has 6 aliphatic rings. The molecule has 5 heteroatoms. The molecule has 4 heterocycles. The minimum atomic E-state index is -0.152. The van der Waals surface area contributed by atoms with E-state index in [4.69, 9.17) is 0 Å². The minimum Gasteiger partial charge on any atom is -0.334 e. The van der Waals surface area contributed by atoms with Crippen LogP contribution in [-0.2, 0) is 28.1 Å². The third-order valence-electron chi connectivity index (χ3n) is 21.0. The van der Waals surface area contributed by atoms with Crippen molar-refractivity contribution in [2.75, 3.05) is 14.7 Å². The van der Waals surface area contributed by atoms with E-state index < -0.39 is 0 Å². The quantitative estimate of drug-likeness (QED) is 0.163. The van der Waals surface area contributed by atoms with E-state index in [0.29, 0.717) is 0 Å². The lowest BCUT2D eigenvalue weighted by atomic mass is 9.33. The first kappa shape index (κ1) is 48.6. The molecule has 0 bridgehead atoms. The maximum absolute atomic E-state index is 2.84. The first-order valence-corrected chi connectivity index (χ1v) is 30.6. The van der Waals surface area contributed by atoms with Gasteiger partial charge in [0.25, 0.3) is 6.71 Å². The predicted molar refractivity (Wildman–Crippen MR) is 344 cm³/mol. The lowest BCUT2D eigenvalue weighted by Crippen LogP contribution is -2.62. The zero-order chi connectivity index (χ0) is 54.4. The van der Waals surface area contributed by atoms with Gasteiger partial charge in [0.2, 0.25) is 0 Å². The Hall–Kier alpha value is -7.34. The summed E-state index contributed by atoms with van der Waals surface area (Å²) in [5.74, 6) is 0. The highest BCUT2D eigenvalue weighted by Gasteiger charge is 2.58. The third-order valence-corrected chi connectivity index (χ3v) is 22.2. The van der Waals surface area contributed by atoms with Crippen LogP contribution in [0, 0.1) is 0 Å². The van der Waals surface area contributed by atoms with Gasteiger partial charge in [0, 0.05) is 60.6 Å². The molecule has 3 aliphatic carbocycles. The van der Waals surface area contributed by atoms with E-state index in [1.807, 2.05) is 11.3 Å². The molecule has 0 spiro atoms. The molecule has 80 heavy (non-hydrogen) atoms. The Labute approximate surface area is 478 Å². The van der Waals surface area contributed by atoms with Gasteiger partial charge in [-0.15, -0.1) is 11.3 Å². The molecule has 0 N–H and O–H groups in total. The Morgan fingerprint density at radius 2 is 1.11 bits per heavy atom. The number of rotatable bonds is 4. The van der Waals surface area contributed by atoms with Crippen molar-refractivity contribution >= 4 is 100 Å². The highest BCUT2D eigenvalue weighted by molar-refractivity contribution is 7.26. The number of hydrogen-bond donors (Lipinski definition) is 0.